The van der Waals surface area contributed by atoms with E-state index in [0.717, 1.165) is 84.4 Å². The van der Waals surface area contributed by atoms with Gasteiger partial charge in [0.15, 0.2) is 0 Å². The molecule has 6 fully saturated rings. The molecule has 0 unspecified atom stereocenters. The summed E-state index contributed by atoms with van der Waals surface area (Å²) in [6.45, 7) is 10.7. The van der Waals surface area contributed by atoms with E-state index in [0.29, 0.717) is 106 Å². The van der Waals surface area contributed by atoms with Crippen LogP contribution in [0.5, 0.6) is 23.3 Å². The number of nitrogens with zero attached hydrogens (tertiary/aromatic N) is 8. The molecule has 6 aromatic carbocycles. The Morgan fingerprint density at radius 3 is 1.29 bits per heavy atom. The Bertz CT molecular complexity index is 4540. The highest BCUT2D eigenvalue weighted by Gasteiger charge is 2.66. The number of rotatable bonds is 20. The number of amides is 2. The van der Waals surface area contributed by atoms with E-state index in [4.69, 9.17) is 28.9 Å². The zero-order valence-electron chi connectivity index (χ0n) is 57.5. The monoisotopic (exact) mass is 1370 g/mol. The molecule has 20 heteroatoms. The lowest BCUT2D eigenvalue weighted by Gasteiger charge is -2.36. The van der Waals surface area contributed by atoms with Gasteiger partial charge in [0.25, 0.3) is 0 Å². The number of carbonyl (C=O) groups excluding carboxylic acids is 4. The maximum Gasteiger partial charge on any atom is 0.410 e. The molecule has 16 rings (SSSR count). The van der Waals surface area contributed by atoms with E-state index in [-0.39, 0.29) is 108 Å². The summed E-state index contributed by atoms with van der Waals surface area (Å²) in [6.07, 6.45) is 14.1. The number of pyridine rings is 2. The lowest BCUT2D eigenvalue weighted by Crippen LogP contribution is -2.48. The van der Waals surface area contributed by atoms with Gasteiger partial charge in [0.2, 0.25) is 23.7 Å². The van der Waals surface area contributed by atoms with Gasteiger partial charge in [0.1, 0.15) is 47.9 Å². The molecule has 6 aliphatic rings. The minimum atomic E-state index is -0.379. The molecule has 4 aliphatic carbocycles. The fourth-order valence-corrected chi connectivity index (χ4v) is 15.2. The molecular formula is C82H80F2N10O8. The summed E-state index contributed by atoms with van der Waals surface area (Å²) < 4.78 is 54.8. The van der Waals surface area contributed by atoms with Crippen LogP contribution in [0, 0.1) is 60.0 Å². The van der Waals surface area contributed by atoms with E-state index in [2.05, 4.69) is 44.4 Å². The van der Waals surface area contributed by atoms with Gasteiger partial charge in [-0.2, -0.15) is 0 Å². The van der Waals surface area contributed by atoms with Crippen molar-refractivity contribution < 1.29 is 46.9 Å². The highest BCUT2D eigenvalue weighted by Crippen LogP contribution is 2.71. The van der Waals surface area contributed by atoms with E-state index >= 15 is 8.78 Å². The Kier molecular flexibility index (Phi) is 18.6. The minimum Gasteiger partial charge on any atom is -0.445 e. The smallest absolute Gasteiger partial charge is 0.410 e. The van der Waals surface area contributed by atoms with Crippen LogP contribution < -0.4 is 20.1 Å². The van der Waals surface area contributed by atoms with Crippen molar-refractivity contribution in [2.45, 2.75) is 117 Å². The lowest BCUT2D eigenvalue weighted by molar-refractivity contribution is -0.120. The Morgan fingerprint density at radius 1 is 0.480 bits per heavy atom. The second-order valence-corrected chi connectivity index (χ2v) is 28.9. The molecule has 2 spiro atoms. The Morgan fingerprint density at radius 2 is 0.892 bits per heavy atom. The van der Waals surface area contributed by atoms with E-state index in [1.165, 1.54) is 12.1 Å². The second-order valence-electron chi connectivity index (χ2n) is 28.9. The number of benzene rings is 6. The number of hydrogen-bond acceptors (Lipinski definition) is 16. The summed E-state index contributed by atoms with van der Waals surface area (Å²) in [4.78, 5) is 83.4. The van der Waals surface area contributed by atoms with Crippen molar-refractivity contribution in [2.75, 3.05) is 36.8 Å². The van der Waals surface area contributed by atoms with Gasteiger partial charge in [-0.25, -0.2) is 48.3 Å². The minimum absolute atomic E-state index is 0.0681. The zero-order chi connectivity index (χ0) is 70.2. The zero-order valence-corrected chi connectivity index (χ0v) is 57.5. The third-order valence-electron chi connectivity index (χ3n) is 21.2. The molecule has 520 valence electrons. The number of hydrogen-bond donors (Lipinski definition) is 2. The van der Waals surface area contributed by atoms with Crippen molar-refractivity contribution in [1.29, 1.82) is 0 Å². The number of aromatic nitrogens is 6. The number of carbonyl (C=O) groups is 4. The summed E-state index contributed by atoms with van der Waals surface area (Å²) in [6, 6.07) is 43.9. The maximum atomic E-state index is 15.3. The number of halogens is 2. The SMILES string of the molecule is Cc1ccc2c(CC(=O)[C@@H]3CC34CC4)c(F)ccc2c1Oc1ncccc1-c1ccnc(N[C@H]2C[C@@H](C)CN(C(=O)OCc3ccccc3)C2)n1.Cc1ccc2c(CC(=O)[C@H]3CC34CC4)c(F)ccc2c1Oc1ncccc1-c1ccnc(N[C@H]2C[C@@H](C)CN(C(=O)OCc3ccccc3)C2)n1. The number of fused-ring (bicyclic) bond motifs is 2. The van der Waals surface area contributed by atoms with Gasteiger partial charge in [-0.3, -0.25) is 9.59 Å². The Labute approximate surface area is 590 Å². The first-order valence-corrected chi connectivity index (χ1v) is 35.4. The third-order valence-corrected chi connectivity index (χ3v) is 21.2. The second kappa shape index (κ2) is 28.3. The number of anilines is 2. The lowest BCUT2D eigenvalue weighted by atomic mass is 9.96. The highest BCUT2D eigenvalue weighted by molar-refractivity contribution is 5.98. The van der Waals surface area contributed by atoms with Gasteiger partial charge in [-0.1, -0.05) is 98.8 Å². The summed E-state index contributed by atoms with van der Waals surface area (Å²) in [5, 5.41) is 9.64. The topological polar surface area (TPSA) is 213 Å². The number of ketones is 2. The van der Waals surface area contributed by atoms with Crippen LogP contribution in [0.3, 0.4) is 0 Å². The quantitative estimate of drug-likeness (QED) is 0.0726. The van der Waals surface area contributed by atoms with Crippen LogP contribution in [0.1, 0.15) is 98.6 Å². The van der Waals surface area contributed by atoms with E-state index in [1.807, 2.05) is 123 Å². The van der Waals surface area contributed by atoms with Gasteiger partial charge < -0.3 is 39.4 Å². The van der Waals surface area contributed by atoms with Gasteiger partial charge in [-0.15, -0.1) is 0 Å². The van der Waals surface area contributed by atoms with Crippen LogP contribution in [-0.4, -0.2) is 102 Å². The molecule has 6 heterocycles. The Hall–Kier alpha value is -10.8. The first-order valence-electron chi connectivity index (χ1n) is 35.4. The fourth-order valence-electron chi connectivity index (χ4n) is 15.2. The number of likely N-dealkylation sites (tertiary alicyclic amines) is 2. The fraction of sp³-hybridized carbons (Fsp3) is 0.341. The summed E-state index contributed by atoms with van der Waals surface area (Å²) in [5.41, 5.74) is 7.38. The number of nitrogens with one attached hydrogen (secondary N) is 2. The van der Waals surface area contributed by atoms with Crippen molar-refractivity contribution in [2.24, 2.45) is 34.5 Å². The normalized spacial score (nSPS) is 20.2. The Balaban J connectivity index is 0.000000165. The predicted octanol–water partition coefficient (Wildman–Crippen LogP) is 16.6. The highest BCUT2D eigenvalue weighted by atomic mass is 19.1. The van der Waals surface area contributed by atoms with Crippen molar-refractivity contribution in [3.63, 3.8) is 0 Å². The largest absolute Gasteiger partial charge is 0.445 e. The standard InChI is InChI=1S/2C41H40FN5O4/c2*1-25-19-28(23-47(22-25)40(49)50-24-27-7-4-3-5-8-27)45-39-44-18-14-35(46-39)31-9-6-17-43-38(31)51-37-26(2)10-11-29-30(37)12-13-34(42)32(29)20-36(48)33-21-41(33)15-16-41/h2*3-14,17-18,25,28,33H,15-16,19-24H2,1-2H3,(H,44,45,46)/t25-,28+,33+;25-,28+,33-/m11/s1. The van der Waals surface area contributed by atoms with Gasteiger partial charge in [0, 0.05) is 110 Å². The summed E-state index contributed by atoms with van der Waals surface area (Å²) >= 11 is 0. The first-order chi connectivity index (χ1) is 49.5. The summed E-state index contributed by atoms with van der Waals surface area (Å²) in [5.74, 6) is 2.76. The van der Waals surface area contributed by atoms with Gasteiger partial charge >= 0.3 is 12.2 Å². The number of Topliss-reactive ketones (excluding diaryl/α,β-unsaturated/α-hetero) is 2. The molecule has 102 heavy (non-hydrogen) atoms. The third kappa shape index (κ3) is 14.7. The van der Waals surface area contributed by atoms with Crippen LogP contribution >= 0.6 is 0 Å². The van der Waals surface area contributed by atoms with Crippen molar-refractivity contribution in [1.82, 2.24) is 39.7 Å². The van der Waals surface area contributed by atoms with Gasteiger partial charge in [0.05, 0.1) is 22.5 Å². The molecule has 2 N–H and O–H groups in total. The molecule has 18 nitrogen and oxygen atoms in total. The van der Waals surface area contributed by atoms with Gasteiger partial charge in [-0.05, 0) is 182 Å². The number of aryl methyl sites for hydroxylation is 2. The first kappa shape index (κ1) is 67.1. The van der Waals surface area contributed by atoms with Crippen LogP contribution in [0.15, 0.2) is 170 Å². The van der Waals surface area contributed by atoms with E-state index in [1.54, 1.807) is 58.9 Å². The predicted molar refractivity (Wildman–Crippen MR) is 384 cm³/mol. The molecule has 2 aliphatic heterocycles. The summed E-state index contributed by atoms with van der Waals surface area (Å²) in [7, 11) is 0. The average molecular weight is 1370 g/mol. The van der Waals surface area contributed by atoms with E-state index in [9.17, 15) is 19.2 Å². The van der Waals surface area contributed by atoms with Crippen LogP contribution in [0.2, 0.25) is 0 Å². The number of piperidine rings is 2. The molecule has 0 radical (unpaired) electrons. The van der Waals surface area contributed by atoms with Crippen molar-refractivity contribution in [3.05, 3.63) is 215 Å². The number of ether oxygens (including phenoxy) is 4. The molecule has 0 bridgehead atoms. The molecule has 4 aromatic heterocycles. The van der Waals surface area contributed by atoms with Crippen LogP contribution in [0.4, 0.5) is 30.3 Å². The molecule has 10 aromatic rings. The maximum absolute atomic E-state index is 15.3. The molecule has 4 saturated carbocycles. The van der Waals surface area contributed by atoms with Crippen molar-refractivity contribution in [3.8, 4) is 45.8 Å². The molecular weight excluding hydrogens is 1290 g/mol. The molecule has 2 saturated heterocycles. The van der Waals surface area contributed by atoms with Crippen LogP contribution in [0.25, 0.3) is 44.1 Å². The molecule has 2 amide bonds. The van der Waals surface area contributed by atoms with E-state index < -0.39 is 0 Å². The molecule has 6 atom stereocenters. The van der Waals surface area contributed by atoms with Crippen LogP contribution in [-0.2, 0) is 45.1 Å². The average Bonchev–Trinajstić information content (AvgIpc) is 1.55. The van der Waals surface area contributed by atoms with Crippen molar-refractivity contribution >= 4 is 57.2 Å².